The highest BCUT2D eigenvalue weighted by Gasteiger charge is 2.37. The molecule has 1 aromatic carbocycles. The number of ether oxygens (including phenoxy) is 1. The van der Waals surface area contributed by atoms with Crippen molar-refractivity contribution in [3.63, 3.8) is 0 Å². The van der Waals surface area contributed by atoms with Gasteiger partial charge in [-0.05, 0) is 24.5 Å². The molecule has 0 spiro atoms. The topological polar surface area (TPSA) is 46.5 Å². The number of hydrogen-bond donors (Lipinski definition) is 1. The van der Waals surface area contributed by atoms with Crippen LogP contribution < -0.4 is 0 Å². The van der Waals surface area contributed by atoms with Crippen molar-refractivity contribution in [1.82, 2.24) is 0 Å². The monoisotopic (exact) mass is 290 g/mol. The minimum Gasteiger partial charge on any atom is -0.481 e. The molecule has 3 nitrogen and oxygen atoms in total. The van der Waals surface area contributed by atoms with Gasteiger partial charge in [0.2, 0.25) is 0 Å². The van der Waals surface area contributed by atoms with Crippen LogP contribution in [0.4, 0.5) is 0 Å². The summed E-state index contributed by atoms with van der Waals surface area (Å²) in [7, 11) is 0. The molecule has 1 saturated heterocycles. The van der Waals surface area contributed by atoms with Crippen LogP contribution in [0.5, 0.6) is 0 Å². The summed E-state index contributed by atoms with van der Waals surface area (Å²) in [6, 6.07) is 7.77. The van der Waals surface area contributed by atoms with Crippen molar-refractivity contribution in [3.8, 4) is 0 Å². The molecule has 0 bridgehead atoms. The summed E-state index contributed by atoms with van der Waals surface area (Å²) in [5.74, 6) is -0.804. The molecule has 1 heterocycles. The molecule has 0 radical (unpaired) electrons. The SMILES string of the molecule is C=C(C)C1(c2ccc(CC(=O)O)cc2)CCOC1.CCC. The lowest BCUT2D eigenvalue weighted by Crippen LogP contribution is -2.27. The second-order valence-electron chi connectivity index (χ2n) is 5.64. The summed E-state index contributed by atoms with van der Waals surface area (Å²) < 4.78 is 5.52. The number of aliphatic carboxylic acids is 1. The number of carbonyl (C=O) groups is 1. The van der Waals surface area contributed by atoms with E-state index in [1.807, 2.05) is 31.2 Å². The van der Waals surface area contributed by atoms with Crippen LogP contribution in [-0.2, 0) is 21.4 Å². The first-order chi connectivity index (χ1) is 9.96. The zero-order valence-electron chi connectivity index (χ0n) is 13.3. The molecule has 0 amide bonds. The predicted octanol–water partition coefficient (Wildman–Crippen LogP) is 3.96. The third kappa shape index (κ3) is 4.43. The normalized spacial score (nSPS) is 20.5. The van der Waals surface area contributed by atoms with Crippen LogP contribution in [0, 0.1) is 0 Å². The summed E-state index contributed by atoms with van der Waals surface area (Å²) in [6.07, 6.45) is 2.26. The van der Waals surface area contributed by atoms with Crippen molar-refractivity contribution in [2.75, 3.05) is 13.2 Å². The number of hydrogen-bond acceptors (Lipinski definition) is 2. The first kappa shape index (κ1) is 17.4. The van der Waals surface area contributed by atoms with E-state index in [-0.39, 0.29) is 11.8 Å². The number of benzene rings is 1. The van der Waals surface area contributed by atoms with Crippen LogP contribution in [0.1, 0.15) is 44.7 Å². The Labute approximate surface area is 127 Å². The molecule has 1 unspecified atom stereocenters. The molecule has 3 heteroatoms. The molecule has 2 rings (SSSR count). The van der Waals surface area contributed by atoms with Crippen molar-refractivity contribution < 1.29 is 14.6 Å². The van der Waals surface area contributed by atoms with E-state index in [4.69, 9.17) is 9.84 Å². The van der Waals surface area contributed by atoms with E-state index in [2.05, 4.69) is 20.4 Å². The second-order valence-corrected chi connectivity index (χ2v) is 5.64. The predicted molar refractivity (Wildman–Crippen MR) is 85.7 cm³/mol. The van der Waals surface area contributed by atoms with Crippen LogP contribution >= 0.6 is 0 Å². The van der Waals surface area contributed by atoms with Gasteiger partial charge in [0.25, 0.3) is 0 Å². The standard InChI is InChI=1S/C15H18O3.C3H8/c1-11(2)15(7-8-18-10-15)13-5-3-12(4-6-13)9-14(16)17;1-3-2/h3-6H,1,7-10H2,2H3,(H,16,17);3H2,1-2H3. The Kier molecular flexibility index (Phi) is 6.63. The van der Waals surface area contributed by atoms with Crippen LogP contribution in [0.2, 0.25) is 0 Å². The van der Waals surface area contributed by atoms with Gasteiger partial charge in [-0.3, -0.25) is 4.79 Å². The fraction of sp³-hybridized carbons (Fsp3) is 0.500. The Balaban J connectivity index is 0.000000677. The average Bonchev–Trinajstić information content (AvgIpc) is 2.90. The maximum atomic E-state index is 10.6. The Bertz CT molecular complexity index is 468. The third-order valence-electron chi connectivity index (χ3n) is 3.70. The van der Waals surface area contributed by atoms with Gasteiger partial charge in [0.15, 0.2) is 0 Å². The molecular formula is C18H26O3. The van der Waals surface area contributed by atoms with Crippen molar-refractivity contribution >= 4 is 5.97 Å². The molecular weight excluding hydrogens is 264 g/mol. The van der Waals surface area contributed by atoms with Crippen molar-refractivity contribution in [2.45, 2.75) is 45.4 Å². The molecule has 0 aromatic heterocycles. The fourth-order valence-corrected chi connectivity index (χ4v) is 2.49. The fourth-order valence-electron chi connectivity index (χ4n) is 2.49. The Morgan fingerprint density at radius 2 is 1.90 bits per heavy atom. The lowest BCUT2D eigenvalue weighted by molar-refractivity contribution is -0.136. The van der Waals surface area contributed by atoms with Gasteiger partial charge in [0.05, 0.1) is 13.0 Å². The molecule has 0 saturated carbocycles. The number of rotatable bonds is 4. The largest absolute Gasteiger partial charge is 0.481 e. The van der Waals surface area contributed by atoms with E-state index in [0.717, 1.165) is 24.2 Å². The molecule has 1 fully saturated rings. The summed E-state index contributed by atoms with van der Waals surface area (Å²) in [5.41, 5.74) is 3.00. The van der Waals surface area contributed by atoms with E-state index in [1.54, 1.807) is 0 Å². The maximum absolute atomic E-state index is 10.6. The molecule has 116 valence electrons. The molecule has 1 N–H and O–H groups in total. The highest BCUT2D eigenvalue weighted by molar-refractivity contribution is 5.70. The third-order valence-corrected chi connectivity index (χ3v) is 3.70. The summed E-state index contributed by atoms with van der Waals surface area (Å²) in [6.45, 7) is 11.8. The molecule has 1 aliphatic heterocycles. The average molecular weight is 290 g/mol. The smallest absolute Gasteiger partial charge is 0.307 e. The number of carboxylic acids is 1. The van der Waals surface area contributed by atoms with Gasteiger partial charge in [-0.2, -0.15) is 0 Å². The highest BCUT2D eigenvalue weighted by Crippen LogP contribution is 2.39. The van der Waals surface area contributed by atoms with E-state index < -0.39 is 5.97 Å². The van der Waals surface area contributed by atoms with Crippen LogP contribution in [0.3, 0.4) is 0 Å². The van der Waals surface area contributed by atoms with Crippen LogP contribution in [-0.4, -0.2) is 24.3 Å². The van der Waals surface area contributed by atoms with Crippen molar-refractivity contribution in [1.29, 1.82) is 0 Å². The van der Waals surface area contributed by atoms with Crippen LogP contribution in [0.25, 0.3) is 0 Å². The lowest BCUT2D eigenvalue weighted by Gasteiger charge is -2.28. The van der Waals surface area contributed by atoms with Gasteiger partial charge in [-0.25, -0.2) is 0 Å². The molecule has 1 aromatic rings. The zero-order chi connectivity index (χ0) is 15.9. The number of carboxylic acid groups (broad SMARTS) is 1. The van der Waals surface area contributed by atoms with E-state index >= 15 is 0 Å². The minimum atomic E-state index is -0.804. The van der Waals surface area contributed by atoms with Crippen LogP contribution in [0.15, 0.2) is 36.4 Å². The first-order valence-corrected chi connectivity index (χ1v) is 7.51. The van der Waals surface area contributed by atoms with E-state index in [9.17, 15) is 4.79 Å². The van der Waals surface area contributed by atoms with Gasteiger partial charge in [0.1, 0.15) is 0 Å². The molecule has 0 aliphatic carbocycles. The Morgan fingerprint density at radius 3 is 2.29 bits per heavy atom. The van der Waals surface area contributed by atoms with Gasteiger partial charge in [0, 0.05) is 12.0 Å². The molecule has 1 atom stereocenters. The highest BCUT2D eigenvalue weighted by atomic mass is 16.5. The van der Waals surface area contributed by atoms with Crippen molar-refractivity contribution in [3.05, 3.63) is 47.5 Å². The maximum Gasteiger partial charge on any atom is 0.307 e. The lowest BCUT2D eigenvalue weighted by atomic mass is 9.74. The zero-order valence-corrected chi connectivity index (χ0v) is 13.3. The molecule has 21 heavy (non-hydrogen) atoms. The van der Waals surface area contributed by atoms with Gasteiger partial charge in [-0.1, -0.05) is 56.7 Å². The molecule has 1 aliphatic rings. The van der Waals surface area contributed by atoms with Gasteiger partial charge in [-0.15, -0.1) is 0 Å². The quantitative estimate of drug-likeness (QED) is 0.854. The summed E-state index contributed by atoms with van der Waals surface area (Å²) in [5, 5.41) is 8.75. The Morgan fingerprint density at radius 1 is 1.33 bits per heavy atom. The van der Waals surface area contributed by atoms with Gasteiger partial charge >= 0.3 is 5.97 Å². The Hall–Kier alpha value is -1.61. The summed E-state index contributed by atoms with van der Waals surface area (Å²) in [4.78, 5) is 10.6. The van der Waals surface area contributed by atoms with E-state index in [1.165, 1.54) is 12.0 Å². The van der Waals surface area contributed by atoms with E-state index in [0.29, 0.717) is 6.61 Å². The first-order valence-electron chi connectivity index (χ1n) is 7.51. The second kappa shape index (κ2) is 7.99. The summed E-state index contributed by atoms with van der Waals surface area (Å²) >= 11 is 0. The minimum absolute atomic E-state index is 0.0663. The van der Waals surface area contributed by atoms with Crippen molar-refractivity contribution in [2.24, 2.45) is 0 Å². The van der Waals surface area contributed by atoms with Gasteiger partial charge < -0.3 is 9.84 Å².